The van der Waals surface area contributed by atoms with Gasteiger partial charge in [-0.25, -0.2) is 0 Å². The van der Waals surface area contributed by atoms with Gasteiger partial charge >= 0.3 is 0 Å². The van der Waals surface area contributed by atoms with Gasteiger partial charge in [0.2, 0.25) is 0 Å². The van der Waals surface area contributed by atoms with Gasteiger partial charge in [-0.2, -0.15) is 0 Å². The van der Waals surface area contributed by atoms with Crippen LogP contribution in [0.15, 0.2) is 18.3 Å². The zero-order valence-electron chi connectivity index (χ0n) is 9.66. The number of pyridine rings is 1. The molecule has 0 saturated heterocycles. The Morgan fingerprint density at radius 2 is 1.93 bits per heavy atom. The predicted octanol–water partition coefficient (Wildman–Crippen LogP) is 3.09. The molecule has 0 amide bonds. The van der Waals surface area contributed by atoms with Crippen molar-refractivity contribution in [2.24, 2.45) is 0 Å². The van der Waals surface area contributed by atoms with Crippen LogP contribution in [0.1, 0.15) is 45.1 Å². The lowest BCUT2D eigenvalue weighted by Crippen LogP contribution is -2.12. The van der Waals surface area contributed by atoms with Crippen molar-refractivity contribution >= 4 is 0 Å². The molecule has 0 spiro atoms. The molecule has 0 aliphatic rings. The van der Waals surface area contributed by atoms with Gasteiger partial charge in [-0.15, -0.1) is 0 Å². The first-order chi connectivity index (χ1) is 6.45. The van der Waals surface area contributed by atoms with E-state index in [0.717, 1.165) is 5.69 Å². The molecule has 1 rings (SSSR count). The predicted molar refractivity (Wildman–Crippen MR) is 58.4 cm³/mol. The van der Waals surface area contributed by atoms with Crippen LogP contribution in [0.25, 0.3) is 0 Å². The minimum absolute atomic E-state index is 0.0732. The zero-order valence-corrected chi connectivity index (χ0v) is 9.66. The molecule has 1 unspecified atom stereocenters. The fourth-order valence-corrected chi connectivity index (χ4v) is 1.21. The first kappa shape index (κ1) is 11.2. The van der Waals surface area contributed by atoms with E-state index >= 15 is 0 Å². The van der Waals surface area contributed by atoms with Crippen molar-refractivity contribution in [3.8, 4) is 0 Å². The van der Waals surface area contributed by atoms with Crippen LogP contribution in [0, 0.1) is 0 Å². The Balaban J connectivity index is 2.89. The number of hydrogen-bond acceptors (Lipinski definition) is 2. The van der Waals surface area contributed by atoms with Gasteiger partial charge in [-0.1, -0.05) is 26.8 Å². The highest BCUT2D eigenvalue weighted by molar-refractivity contribution is 5.21. The van der Waals surface area contributed by atoms with Crippen LogP contribution >= 0.6 is 0 Å². The lowest BCUT2D eigenvalue weighted by atomic mass is 9.88. The molecule has 0 bridgehead atoms. The minimum atomic E-state index is 0.0732. The minimum Gasteiger partial charge on any atom is -0.375 e. The van der Waals surface area contributed by atoms with Crippen molar-refractivity contribution < 1.29 is 4.74 Å². The van der Waals surface area contributed by atoms with E-state index in [1.54, 1.807) is 7.11 Å². The van der Waals surface area contributed by atoms with Crippen LogP contribution in [0.5, 0.6) is 0 Å². The number of nitrogens with zero attached hydrogens (tertiary/aromatic N) is 1. The SMILES string of the molecule is COC(C)c1ccc(C(C)(C)C)cn1. The molecule has 1 aromatic rings. The van der Waals surface area contributed by atoms with Gasteiger partial charge in [0.25, 0.3) is 0 Å². The largest absolute Gasteiger partial charge is 0.375 e. The summed E-state index contributed by atoms with van der Waals surface area (Å²) in [5, 5.41) is 0. The Kier molecular flexibility index (Phi) is 3.27. The summed E-state index contributed by atoms with van der Waals surface area (Å²) in [6.45, 7) is 8.55. The van der Waals surface area contributed by atoms with E-state index in [9.17, 15) is 0 Å². The second kappa shape index (κ2) is 4.09. The molecular weight excluding hydrogens is 174 g/mol. The van der Waals surface area contributed by atoms with E-state index in [1.807, 2.05) is 19.2 Å². The summed E-state index contributed by atoms with van der Waals surface area (Å²) < 4.78 is 5.20. The van der Waals surface area contributed by atoms with Gasteiger partial charge in [0.05, 0.1) is 11.8 Å². The average molecular weight is 193 g/mol. The number of ether oxygens (including phenoxy) is 1. The Bertz CT molecular complexity index is 284. The molecule has 0 aromatic carbocycles. The normalized spacial score (nSPS) is 14.1. The number of methoxy groups -OCH3 is 1. The van der Waals surface area contributed by atoms with E-state index in [-0.39, 0.29) is 11.5 Å². The highest BCUT2D eigenvalue weighted by atomic mass is 16.5. The Labute approximate surface area is 86.3 Å². The summed E-state index contributed by atoms with van der Waals surface area (Å²) in [7, 11) is 1.70. The fraction of sp³-hybridized carbons (Fsp3) is 0.583. The molecule has 2 nitrogen and oxygen atoms in total. The van der Waals surface area contributed by atoms with Crippen LogP contribution in [0.4, 0.5) is 0 Å². The van der Waals surface area contributed by atoms with E-state index in [2.05, 4.69) is 31.8 Å². The molecule has 0 aliphatic heterocycles. The molecule has 0 saturated carbocycles. The summed E-state index contributed by atoms with van der Waals surface area (Å²) in [6.07, 6.45) is 2.01. The second-order valence-corrected chi connectivity index (χ2v) is 4.60. The van der Waals surface area contributed by atoms with Crippen molar-refractivity contribution in [2.45, 2.75) is 39.2 Å². The van der Waals surface area contributed by atoms with E-state index in [4.69, 9.17) is 4.74 Å². The first-order valence-electron chi connectivity index (χ1n) is 4.94. The molecule has 0 aliphatic carbocycles. The molecule has 2 heteroatoms. The highest BCUT2D eigenvalue weighted by Gasteiger charge is 2.14. The maximum atomic E-state index is 5.20. The van der Waals surface area contributed by atoms with Crippen LogP contribution in [0.3, 0.4) is 0 Å². The summed E-state index contributed by atoms with van der Waals surface area (Å²) >= 11 is 0. The smallest absolute Gasteiger partial charge is 0.0962 e. The molecule has 1 heterocycles. The van der Waals surface area contributed by atoms with Gasteiger partial charge in [-0.3, -0.25) is 4.98 Å². The monoisotopic (exact) mass is 193 g/mol. The standard InChI is InChI=1S/C12H19NO/c1-9(14-5)11-7-6-10(8-13-11)12(2,3)4/h6-9H,1-5H3. The van der Waals surface area contributed by atoms with Crippen LogP contribution in [-0.2, 0) is 10.2 Å². The highest BCUT2D eigenvalue weighted by Crippen LogP contribution is 2.22. The number of rotatable bonds is 2. The third kappa shape index (κ3) is 2.55. The molecule has 1 atom stereocenters. The zero-order chi connectivity index (χ0) is 10.8. The van der Waals surface area contributed by atoms with Crippen LogP contribution < -0.4 is 0 Å². The lowest BCUT2D eigenvalue weighted by Gasteiger charge is -2.19. The Morgan fingerprint density at radius 3 is 2.29 bits per heavy atom. The molecule has 14 heavy (non-hydrogen) atoms. The fourth-order valence-electron chi connectivity index (χ4n) is 1.21. The van der Waals surface area contributed by atoms with Crippen molar-refractivity contribution in [2.75, 3.05) is 7.11 Å². The van der Waals surface area contributed by atoms with Crippen LogP contribution in [0.2, 0.25) is 0 Å². The molecule has 0 fully saturated rings. The van der Waals surface area contributed by atoms with E-state index in [0.29, 0.717) is 0 Å². The summed E-state index contributed by atoms with van der Waals surface area (Å²) in [6, 6.07) is 4.16. The Morgan fingerprint density at radius 1 is 1.29 bits per heavy atom. The topological polar surface area (TPSA) is 22.1 Å². The van der Waals surface area contributed by atoms with Crippen molar-refractivity contribution in [1.82, 2.24) is 4.98 Å². The average Bonchev–Trinajstić information content (AvgIpc) is 2.15. The van der Waals surface area contributed by atoms with E-state index < -0.39 is 0 Å². The lowest BCUT2D eigenvalue weighted by molar-refractivity contribution is 0.116. The summed E-state index contributed by atoms with van der Waals surface area (Å²) in [5.74, 6) is 0. The van der Waals surface area contributed by atoms with Gasteiger partial charge < -0.3 is 4.74 Å². The maximum Gasteiger partial charge on any atom is 0.0962 e. The third-order valence-electron chi connectivity index (χ3n) is 2.42. The Hall–Kier alpha value is -0.890. The molecule has 0 radical (unpaired) electrons. The van der Waals surface area contributed by atoms with Gasteiger partial charge in [0, 0.05) is 13.3 Å². The van der Waals surface area contributed by atoms with Crippen molar-refractivity contribution in [1.29, 1.82) is 0 Å². The van der Waals surface area contributed by atoms with Gasteiger partial charge in [0.1, 0.15) is 0 Å². The summed E-state index contributed by atoms with van der Waals surface area (Å²) in [4.78, 5) is 4.39. The number of hydrogen-bond donors (Lipinski definition) is 0. The van der Waals surface area contributed by atoms with Crippen LogP contribution in [-0.4, -0.2) is 12.1 Å². The third-order valence-corrected chi connectivity index (χ3v) is 2.42. The molecular formula is C12H19NO. The van der Waals surface area contributed by atoms with Crippen molar-refractivity contribution in [3.63, 3.8) is 0 Å². The quantitative estimate of drug-likeness (QED) is 0.720. The van der Waals surface area contributed by atoms with E-state index in [1.165, 1.54) is 5.56 Å². The number of aromatic nitrogens is 1. The summed E-state index contributed by atoms with van der Waals surface area (Å²) in [5.41, 5.74) is 2.41. The molecule has 1 aromatic heterocycles. The van der Waals surface area contributed by atoms with Gasteiger partial charge in [-0.05, 0) is 24.0 Å². The van der Waals surface area contributed by atoms with Crippen molar-refractivity contribution in [3.05, 3.63) is 29.6 Å². The first-order valence-corrected chi connectivity index (χ1v) is 4.94. The molecule has 0 N–H and O–H groups in total. The van der Waals surface area contributed by atoms with Gasteiger partial charge in [0.15, 0.2) is 0 Å². The second-order valence-electron chi connectivity index (χ2n) is 4.60. The molecule has 78 valence electrons. The maximum absolute atomic E-state index is 5.20.